The van der Waals surface area contributed by atoms with Gasteiger partial charge in [0.15, 0.2) is 0 Å². The van der Waals surface area contributed by atoms with Crippen molar-refractivity contribution in [1.29, 1.82) is 0 Å². The van der Waals surface area contributed by atoms with Crippen molar-refractivity contribution in [2.24, 2.45) is 11.3 Å². The van der Waals surface area contributed by atoms with Crippen molar-refractivity contribution < 1.29 is 19.4 Å². The number of likely N-dealkylation sites (tertiary alicyclic amines) is 2. The number of methoxy groups -OCH3 is 1. The SMILES string of the molecule is COC(C)(C)C(=O)N1CCC2(CC1)CN(Cc1ccc(C)s1)CC2C(=O)O. The van der Waals surface area contributed by atoms with E-state index in [9.17, 15) is 14.7 Å². The van der Waals surface area contributed by atoms with Gasteiger partial charge in [0, 0.05) is 55.0 Å². The van der Waals surface area contributed by atoms with Gasteiger partial charge >= 0.3 is 5.97 Å². The largest absolute Gasteiger partial charge is 0.481 e. The van der Waals surface area contributed by atoms with Crippen molar-refractivity contribution >= 4 is 23.2 Å². The van der Waals surface area contributed by atoms with Gasteiger partial charge in [-0.15, -0.1) is 11.3 Å². The van der Waals surface area contributed by atoms with E-state index >= 15 is 0 Å². The molecule has 1 atom stereocenters. The topological polar surface area (TPSA) is 70.1 Å². The number of aliphatic carboxylic acids is 1. The molecule has 150 valence electrons. The molecule has 2 fully saturated rings. The van der Waals surface area contributed by atoms with Crippen LogP contribution < -0.4 is 0 Å². The Hall–Kier alpha value is -1.44. The number of carbonyl (C=O) groups is 2. The minimum absolute atomic E-state index is 0.0179. The van der Waals surface area contributed by atoms with Crippen molar-refractivity contribution in [2.45, 2.75) is 45.8 Å². The molecule has 0 saturated carbocycles. The Kier molecular flexibility index (Phi) is 5.66. The lowest BCUT2D eigenvalue weighted by Gasteiger charge is -2.43. The zero-order valence-electron chi connectivity index (χ0n) is 16.7. The van der Waals surface area contributed by atoms with Crippen LogP contribution in [0.5, 0.6) is 0 Å². The molecule has 0 aliphatic carbocycles. The number of carboxylic acids is 1. The fourth-order valence-corrected chi connectivity index (χ4v) is 5.39. The molecule has 7 heteroatoms. The van der Waals surface area contributed by atoms with Crippen molar-refractivity contribution in [3.63, 3.8) is 0 Å². The lowest BCUT2D eigenvalue weighted by Crippen LogP contribution is -2.53. The van der Waals surface area contributed by atoms with Gasteiger partial charge in [-0.3, -0.25) is 14.5 Å². The number of aryl methyl sites for hydroxylation is 1. The van der Waals surface area contributed by atoms with E-state index in [0.29, 0.717) is 19.6 Å². The van der Waals surface area contributed by atoms with Gasteiger partial charge in [0.1, 0.15) is 5.60 Å². The number of carboxylic acid groups (broad SMARTS) is 1. The molecule has 0 bridgehead atoms. The number of hydrogen-bond acceptors (Lipinski definition) is 5. The number of piperidine rings is 1. The first kappa shape index (κ1) is 20.3. The van der Waals surface area contributed by atoms with E-state index < -0.39 is 11.6 Å². The highest BCUT2D eigenvalue weighted by Gasteiger charge is 2.52. The predicted molar refractivity (Wildman–Crippen MR) is 105 cm³/mol. The molecule has 1 aromatic heterocycles. The lowest BCUT2D eigenvalue weighted by atomic mass is 9.70. The van der Waals surface area contributed by atoms with Crippen LogP contribution in [0.4, 0.5) is 0 Å². The zero-order chi connectivity index (χ0) is 19.8. The fourth-order valence-electron chi connectivity index (χ4n) is 4.45. The molecular weight excluding hydrogens is 364 g/mol. The Morgan fingerprint density at radius 1 is 1.33 bits per heavy atom. The molecular formula is C20H30N2O4S. The Morgan fingerprint density at radius 3 is 2.52 bits per heavy atom. The maximum atomic E-state index is 12.7. The third-order valence-corrected chi connectivity index (χ3v) is 7.25. The number of nitrogens with zero attached hydrogens (tertiary/aromatic N) is 2. The number of carbonyl (C=O) groups excluding carboxylic acids is 1. The summed E-state index contributed by atoms with van der Waals surface area (Å²) in [4.78, 5) is 31.3. The van der Waals surface area contributed by atoms with Crippen LogP contribution in [0.3, 0.4) is 0 Å². The minimum atomic E-state index is -0.838. The first-order chi connectivity index (χ1) is 12.7. The van der Waals surface area contributed by atoms with Crippen LogP contribution in [0.1, 0.15) is 36.4 Å². The number of thiophene rings is 1. The monoisotopic (exact) mass is 394 g/mol. The van der Waals surface area contributed by atoms with E-state index in [1.165, 1.54) is 9.75 Å². The maximum absolute atomic E-state index is 12.7. The van der Waals surface area contributed by atoms with Crippen molar-refractivity contribution in [3.05, 3.63) is 21.9 Å². The summed E-state index contributed by atoms with van der Waals surface area (Å²) in [6.45, 7) is 9.03. The average molecular weight is 395 g/mol. The van der Waals surface area contributed by atoms with Gasteiger partial charge in [-0.1, -0.05) is 0 Å². The second-order valence-electron chi connectivity index (χ2n) is 8.44. The molecule has 2 aliphatic heterocycles. The number of ether oxygens (including phenoxy) is 1. The number of rotatable bonds is 5. The Labute approximate surface area is 165 Å². The van der Waals surface area contributed by atoms with E-state index in [1.54, 1.807) is 32.3 Å². The van der Waals surface area contributed by atoms with Crippen LogP contribution in [-0.2, 0) is 20.9 Å². The molecule has 0 radical (unpaired) electrons. The molecule has 1 spiro atoms. The van der Waals surface area contributed by atoms with Gasteiger partial charge in [-0.2, -0.15) is 0 Å². The number of hydrogen-bond donors (Lipinski definition) is 1. The summed E-state index contributed by atoms with van der Waals surface area (Å²) in [5, 5.41) is 9.84. The molecule has 3 heterocycles. The molecule has 6 nitrogen and oxygen atoms in total. The van der Waals surface area contributed by atoms with Crippen LogP contribution in [0, 0.1) is 18.3 Å². The second-order valence-corrected chi connectivity index (χ2v) is 9.81. The molecule has 1 aromatic rings. The highest BCUT2D eigenvalue weighted by Crippen LogP contribution is 2.45. The summed E-state index contributed by atoms with van der Waals surface area (Å²) in [6.07, 6.45) is 1.46. The Morgan fingerprint density at radius 2 is 2.00 bits per heavy atom. The highest BCUT2D eigenvalue weighted by atomic mass is 32.1. The predicted octanol–water partition coefficient (Wildman–Crippen LogP) is 2.61. The van der Waals surface area contributed by atoms with Gasteiger partial charge in [-0.25, -0.2) is 0 Å². The Balaban J connectivity index is 1.69. The summed E-state index contributed by atoms with van der Waals surface area (Å²) in [5.41, 5.74) is -1.08. The van der Waals surface area contributed by atoms with E-state index in [0.717, 1.165) is 25.9 Å². The molecule has 1 unspecified atom stereocenters. The highest BCUT2D eigenvalue weighted by molar-refractivity contribution is 7.11. The van der Waals surface area contributed by atoms with Crippen LogP contribution in [-0.4, -0.2) is 65.7 Å². The first-order valence-corrected chi connectivity index (χ1v) is 10.3. The van der Waals surface area contributed by atoms with E-state index in [1.807, 2.05) is 4.90 Å². The second kappa shape index (κ2) is 7.53. The third kappa shape index (κ3) is 4.05. The third-order valence-electron chi connectivity index (χ3n) is 6.26. The molecule has 3 rings (SSSR count). The van der Waals surface area contributed by atoms with Crippen LogP contribution in [0.25, 0.3) is 0 Å². The average Bonchev–Trinajstić information content (AvgIpc) is 3.19. The minimum Gasteiger partial charge on any atom is -0.481 e. The summed E-state index contributed by atoms with van der Waals surface area (Å²) in [6, 6.07) is 4.25. The van der Waals surface area contributed by atoms with E-state index in [-0.39, 0.29) is 17.2 Å². The Bertz CT molecular complexity index is 707. The normalized spacial score (nSPS) is 23.1. The fraction of sp³-hybridized carbons (Fsp3) is 0.700. The maximum Gasteiger partial charge on any atom is 0.308 e. The summed E-state index contributed by atoms with van der Waals surface area (Å²) in [5.74, 6) is -1.10. The molecule has 1 amide bonds. The van der Waals surface area contributed by atoms with Crippen molar-refractivity contribution in [2.75, 3.05) is 33.3 Å². The molecule has 2 aliphatic rings. The van der Waals surface area contributed by atoms with Crippen molar-refractivity contribution in [1.82, 2.24) is 9.80 Å². The molecule has 27 heavy (non-hydrogen) atoms. The molecule has 2 saturated heterocycles. The molecule has 1 N–H and O–H groups in total. The van der Waals surface area contributed by atoms with Crippen LogP contribution in [0.2, 0.25) is 0 Å². The first-order valence-electron chi connectivity index (χ1n) is 9.52. The lowest BCUT2D eigenvalue weighted by molar-refractivity contribution is -0.155. The van der Waals surface area contributed by atoms with Gasteiger partial charge in [0.25, 0.3) is 5.91 Å². The standard InChI is InChI=1S/C20H30N2O4S/c1-14-5-6-15(27-14)11-21-12-16(17(23)24)20(13-21)7-9-22(10-8-20)18(25)19(2,3)26-4/h5-6,16H,7-13H2,1-4H3,(H,23,24). The van der Waals surface area contributed by atoms with E-state index in [4.69, 9.17) is 4.74 Å². The quantitative estimate of drug-likeness (QED) is 0.831. The number of amides is 1. The smallest absolute Gasteiger partial charge is 0.308 e. The zero-order valence-corrected chi connectivity index (χ0v) is 17.5. The van der Waals surface area contributed by atoms with Gasteiger partial charge < -0.3 is 14.7 Å². The summed E-state index contributed by atoms with van der Waals surface area (Å²) >= 11 is 1.77. The van der Waals surface area contributed by atoms with Crippen LogP contribution in [0.15, 0.2) is 12.1 Å². The summed E-state index contributed by atoms with van der Waals surface area (Å²) in [7, 11) is 1.55. The van der Waals surface area contributed by atoms with Gasteiger partial charge in [-0.05, 0) is 45.7 Å². The van der Waals surface area contributed by atoms with Crippen LogP contribution >= 0.6 is 11.3 Å². The van der Waals surface area contributed by atoms with E-state index in [2.05, 4.69) is 24.0 Å². The summed E-state index contributed by atoms with van der Waals surface area (Å²) < 4.78 is 5.32. The molecule has 0 aromatic carbocycles. The van der Waals surface area contributed by atoms with Crippen molar-refractivity contribution in [3.8, 4) is 0 Å². The van der Waals surface area contributed by atoms with Gasteiger partial charge in [0.2, 0.25) is 0 Å². The van der Waals surface area contributed by atoms with Gasteiger partial charge in [0.05, 0.1) is 5.92 Å².